The van der Waals surface area contributed by atoms with Gasteiger partial charge >= 0.3 is 0 Å². The topological polar surface area (TPSA) is 66.5 Å². The van der Waals surface area contributed by atoms with Gasteiger partial charge < -0.3 is 5.32 Å². The Labute approximate surface area is 152 Å². The molecule has 5 nitrogen and oxygen atoms in total. The first-order valence-electron chi connectivity index (χ1n) is 8.40. The predicted molar refractivity (Wildman–Crippen MR) is 99.3 cm³/mol. The fourth-order valence-electron chi connectivity index (χ4n) is 2.90. The zero-order valence-corrected chi connectivity index (χ0v) is 15.8. The van der Waals surface area contributed by atoms with Crippen LogP contribution in [0.15, 0.2) is 40.6 Å². The molecule has 2 aromatic rings. The molecule has 1 aromatic carbocycles. The van der Waals surface area contributed by atoms with Gasteiger partial charge in [0.15, 0.2) is 0 Å². The molecule has 3 rings (SSSR count). The molecule has 7 heteroatoms. The maximum atomic E-state index is 12.6. The molecule has 1 aromatic heterocycles. The van der Waals surface area contributed by atoms with E-state index in [0.29, 0.717) is 29.4 Å². The van der Waals surface area contributed by atoms with Crippen LogP contribution in [0.2, 0.25) is 0 Å². The molecule has 1 saturated heterocycles. The largest absolute Gasteiger partial charge is 0.347 e. The molecule has 1 N–H and O–H groups in total. The van der Waals surface area contributed by atoms with Crippen molar-refractivity contribution < 1.29 is 13.2 Å². The monoisotopic (exact) mass is 378 g/mol. The van der Waals surface area contributed by atoms with Crippen molar-refractivity contribution in [2.24, 2.45) is 0 Å². The second-order valence-electron chi connectivity index (χ2n) is 6.22. The zero-order chi connectivity index (χ0) is 17.9. The molecule has 25 heavy (non-hydrogen) atoms. The van der Waals surface area contributed by atoms with Crippen molar-refractivity contribution in [3.63, 3.8) is 0 Å². The smallest absolute Gasteiger partial charge is 0.261 e. The van der Waals surface area contributed by atoms with E-state index in [1.165, 1.54) is 11.3 Å². The molecule has 0 aliphatic carbocycles. The number of aryl methyl sites for hydroxylation is 1. The average molecular weight is 379 g/mol. The number of thiophene rings is 1. The van der Waals surface area contributed by atoms with E-state index in [1.807, 2.05) is 18.4 Å². The van der Waals surface area contributed by atoms with Gasteiger partial charge in [-0.3, -0.25) is 4.79 Å². The highest BCUT2D eigenvalue weighted by Gasteiger charge is 2.25. The van der Waals surface area contributed by atoms with Crippen LogP contribution in [0.1, 0.15) is 40.1 Å². The van der Waals surface area contributed by atoms with Crippen molar-refractivity contribution in [2.75, 3.05) is 13.1 Å². The Morgan fingerprint density at radius 1 is 1.12 bits per heavy atom. The van der Waals surface area contributed by atoms with E-state index < -0.39 is 10.0 Å². The minimum atomic E-state index is -3.40. The minimum Gasteiger partial charge on any atom is -0.347 e. The third-order valence-corrected chi connectivity index (χ3v) is 7.33. The molecule has 1 aliphatic rings. The van der Waals surface area contributed by atoms with Gasteiger partial charge in [0.05, 0.1) is 9.77 Å². The van der Waals surface area contributed by atoms with Gasteiger partial charge in [0.2, 0.25) is 10.0 Å². The Kier molecular flexibility index (Phi) is 5.56. The molecule has 0 saturated carbocycles. The molecule has 0 unspecified atom stereocenters. The van der Waals surface area contributed by atoms with Gasteiger partial charge in [-0.25, -0.2) is 8.42 Å². The van der Waals surface area contributed by atoms with Crippen molar-refractivity contribution in [1.29, 1.82) is 0 Å². The molecule has 1 fully saturated rings. The minimum absolute atomic E-state index is 0.0995. The summed E-state index contributed by atoms with van der Waals surface area (Å²) in [5, 5.41) is 4.77. The number of nitrogens with one attached hydrogen (secondary N) is 1. The molecule has 134 valence electrons. The second kappa shape index (κ2) is 7.68. The van der Waals surface area contributed by atoms with E-state index >= 15 is 0 Å². The lowest BCUT2D eigenvalue weighted by Crippen LogP contribution is -2.35. The summed E-state index contributed by atoms with van der Waals surface area (Å²) in [5.41, 5.74) is 1.84. The Morgan fingerprint density at radius 3 is 2.40 bits per heavy atom. The molecule has 1 amide bonds. The predicted octanol–water partition coefficient (Wildman–Crippen LogP) is 3.16. The summed E-state index contributed by atoms with van der Waals surface area (Å²) in [4.78, 5) is 13.2. The van der Waals surface area contributed by atoms with E-state index in [9.17, 15) is 13.2 Å². The molecule has 0 radical (unpaired) electrons. The highest BCUT2D eigenvalue weighted by Crippen LogP contribution is 2.21. The first-order chi connectivity index (χ1) is 12.0. The summed E-state index contributed by atoms with van der Waals surface area (Å²) in [6.45, 7) is 3.48. The lowest BCUT2D eigenvalue weighted by Gasteiger charge is -2.25. The maximum Gasteiger partial charge on any atom is 0.261 e. The summed E-state index contributed by atoms with van der Waals surface area (Å²) >= 11 is 1.42. The standard InChI is InChI=1S/C18H22N2O3S2/c1-14-9-12-24-17(14)18(21)19-13-15-5-7-16(8-6-15)25(22,23)20-10-3-2-4-11-20/h5-9,12H,2-4,10-11,13H2,1H3,(H,19,21). The third-order valence-electron chi connectivity index (χ3n) is 4.40. The summed E-state index contributed by atoms with van der Waals surface area (Å²) < 4.78 is 26.8. The molecular weight excluding hydrogens is 356 g/mol. The van der Waals surface area contributed by atoms with Crippen LogP contribution >= 0.6 is 11.3 Å². The Morgan fingerprint density at radius 2 is 1.80 bits per heavy atom. The number of hydrogen-bond acceptors (Lipinski definition) is 4. The number of sulfonamides is 1. The van der Waals surface area contributed by atoms with Gasteiger partial charge in [-0.05, 0) is 54.5 Å². The summed E-state index contributed by atoms with van der Waals surface area (Å²) in [7, 11) is -3.40. The summed E-state index contributed by atoms with van der Waals surface area (Å²) in [6, 6.07) is 8.69. The quantitative estimate of drug-likeness (QED) is 0.869. The summed E-state index contributed by atoms with van der Waals surface area (Å²) in [5.74, 6) is -0.0995. The van der Waals surface area contributed by atoms with Crippen LogP contribution in [0.3, 0.4) is 0 Å². The molecular formula is C18H22N2O3S2. The lowest BCUT2D eigenvalue weighted by atomic mass is 10.2. The van der Waals surface area contributed by atoms with Crippen LogP contribution in [0.5, 0.6) is 0 Å². The van der Waals surface area contributed by atoms with Crippen molar-refractivity contribution in [3.05, 3.63) is 51.7 Å². The van der Waals surface area contributed by atoms with Crippen LogP contribution in [0.4, 0.5) is 0 Å². The molecule has 1 aliphatic heterocycles. The number of hydrogen-bond donors (Lipinski definition) is 1. The Hall–Kier alpha value is -1.70. The van der Waals surface area contributed by atoms with Gasteiger partial charge in [0.1, 0.15) is 0 Å². The van der Waals surface area contributed by atoms with Crippen molar-refractivity contribution in [3.8, 4) is 0 Å². The maximum absolute atomic E-state index is 12.6. The van der Waals surface area contributed by atoms with Crippen molar-refractivity contribution >= 4 is 27.3 Å². The fourth-order valence-corrected chi connectivity index (χ4v) is 5.26. The molecule has 0 atom stereocenters. The number of carbonyl (C=O) groups is 1. The number of benzene rings is 1. The third kappa shape index (κ3) is 4.11. The van der Waals surface area contributed by atoms with Crippen LogP contribution < -0.4 is 5.32 Å². The van der Waals surface area contributed by atoms with Gasteiger partial charge in [0, 0.05) is 19.6 Å². The Balaban J connectivity index is 1.64. The van der Waals surface area contributed by atoms with Crippen LogP contribution in [-0.2, 0) is 16.6 Å². The van der Waals surface area contributed by atoms with Crippen LogP contribution in [-0.4, -0.2) is 31.7 Å². The van der Waals surface area contributed by atoms with Gasteiger partial charge in [-0.15, -0.1) is 11.3 Å². The highest BCUT2D eigenvalue weighted by molar-refractivity contribution is 7.89. The molecule has 0 spiro atoms. The number of piperidine rings is 1. The van der Waals surface area contributed by atoms with E-state index in [4.69, 9.17) is 0 Å². The Bertz CT molecular complexity index is 835. The first-order valence-corrected chi connectivity index (χ1v) is 10.7. The van der Waals surface area contributed by atoms with Gasteiger partial charge in [0.25, 0.3) is 5.91 Å². The number of carbonyl (C=O) groups excluding carboxylic acids is 1. The normalized spacial score (nSPS) is 15.9. The van der Waals surface area contributed by atoms with Crippen LogP contribution in [0.25, 0.3) is 0 Å². The van der Waals surface area contributed by atoms with E-state index in [1.54, 1.807) is 28.6 Å². The first kappa shape index (κ1) is 18.1. The van der Waals surface area contributed by atoms with Crippen molar-refractivity contribution in [1.82, 2.24) is 9.62 Å². The average Bonchev–Trinajstić information content (AvgIpc) is 3.07. The van der Waals surface area contributed by atoms with Gasteiger partial charge in [-0.2, -0.15) is 4.31 Å². The van der Waals surface area contributed by atoms with E-state index in [-0.39, 0.29) is 5.91 Å². The number of rotatable bonds is 5. The SMILES string of the molecule is Cc1ccsc1C(=O)NCc1ccc(S(=O)(=O)N2CCCCC2)cc1. The van der Waals surface area contributed by atoms with E-state index in [2.05, 4.69) is 5.32 Å². The molecule has 0 bridgehead atoms. The highest BCUT2D eigenvalue weighted by atomic mass is 32.2. The van der Waals surface area contributed by atoms with Crippen LogP contribution in [0, 0.1) is 6.92 Å². The van der Waals surface area contributed by atoms with E-state index in [0.717, 1.165) is 30.4 Å². The van der Waals surface area contributed by atoms with Crippen molar-refractivity contribution in [2.45, 2.75) is 37.6 Å². The molecule has 2 heterocycles. The number of nitrogens with zero attached hydrogens (tertiary/aromatic N) is 1. The summed E-state index contributed by atoms with van der Waals surface area (Å²) in [6.07, 6.45) is 2.94. The second-order valence-corrected chi connectivity index (χ2v) is 9.08. The fraction of sp³-hybridized carbons (Fsp3) is 0.389. The lowest BCUT2D eigenvalue weighted by molar-refractivity contribution is 0.0954. The zero-order valence-electron chi connectivity index (χ0n) is 14.2. The number of amides is 1. The van der Waals surface area contributed by atoms with Gasteiger partial charge in [-0.1, -0.05) is 18.6 Å².